The van der Waals surface area contributed by atoms with Crippen LogP contribution in [0, 0.1) is 12.7 Å². The SMILES string of the molecule is CNc1ncnc(NCc2ccc(F)cc2)c1C. The third kappa shape index (κ3) is 2.74. The Kier molecular flexibility index (Phi) is 3.72. The molecule has 0 aliphatic carbocycles. The van der Waals surface area contributed by atoms with Gasteiger partial charge in [-0.05, 0) is 24.6 Å². The molecule has 18 heavy (non-hydrogen) atoms. The second-order valence-electron chi connectivity index (χ2n) is 3.93. The van der Waals surface area contributed by atoms with Crippen LogP contribution in [0.3, 0.4) is 0 Å². The van der Waals surface area contributed by atoms with Gasteiger partial charge in [0, 0.05) is 19.2 Å². The Bertz CT molecular complexity index is 525. The number of hydrogen-bond donors (Lipinski definition) is 2. The molecule has 0 atom stereocenters. The van der Waals surface area contributed by atoms with Crippen molar-refractivity contribution in [2.45, 2.75) is 13.5 Å². The van der Waals surface area contributed by atoms with Crippen molar-refractivity contribution in [1.29, 1.82) is 0 Å². The minimum atomic E-state index is -0.227. The monoisotopic (exact) mass is 246 g/mol. The van der Waals surface area contributed by atoms with Crippen LogP contribution in [-0.4, -0.2) is 17.0 Å². The van der Waals surface area contributed by atoms with E-state index < -0.39 is 0 Å². The van der Waals surface area contributed by atoms with Crippen molar-refractivity contribution in [3.8, 4) is 0 Å². The van der Waals surface area contributed by atoms with Crippen molar-refractivity contribution in [3.05, 3.63) is 47.5 Å². The lowest BCUT2D eigenvalue weighted by Crippen LogP contribution is -2.06. The van der Waals surface area contributed by atoms with Gasteiger partial charge >= 0.3 is 0 Å². The Morgan fingerprint density at radius 2 is 1.78 bits per heavy atom. The summed E-state index contributed by atoms with van der Waals surface area (Å²) in [6, 6.07) is 6.39. The molecule has 2 N–H and O–H groups in total. The Balaban J connectivity index is 2.08. The van der Waals surface area contributed by atoms with Crippen molar-refractivity contribution >= 4 is 11.6 Å². The lowest BCUT2D eigenvalue weighted by atomic mass is 10.2. The zero-order valence-corrected chi connectivity index (χ0v) is 10.4. The van der Waals surface area contributed by atoms with Gasteiger partial charge in [-0.2, -0.15) is 0 Å². The maximum atomic E-state index is 12.8. The first kappa shape index (κ1) is 12.3. The first-order valence-corrected chi connectivity index (χ1v) is 5.68. The summed E-state index contributed by atoms with van der Waals surface area (Å²) >= 11 is 0. The summed E-state index contributed by atoms with van der Waals surface area (Å²) in [4.78, 5) is 8.30. The van der Waals surface area contributed by atoms with Crippen LogP contribution in [0.5, 0.6) is 0 Å². The predicted molar refractivity (Wildman–Crippen MR) is 70.0 cm³/mol. The van der Waals surface area contributed by atoms with Crippen LogP contribution in [0.25, 0.3) is 0 Å². The minimum Gasteiger partial charge on any atom is -0.373 e. The number of hydrogen-bond acceptors (Lipinski definition) is 4. The van der Waals surface area contributed by atoms with Crippen LogP contribution >= 0.6 is 0 Å². The smallest absolute Gasteiger partial charge is 0.134 e. The van der Waals surface area contributed by atoms with Crippen molar-refractivity contribution in [2.75, 3.05) is 17.7 Å². The van der Waals surface area contributed by atoms with Gasteiger partial charge in [0.2, 0.25) is 0 Å². The molecule has 0 radical (unpaired) electrons. The standard InChI is InChI=1S/C13H15FN4/c1-9-12(15-2)17-8-18-13(9)16-7-10-3-5-11(14)6-4-10/h3-6,8H,7H2,1-2H3,(H2,15,16,17,18). The summed E-state index contributed by atoms with van der Waals surface area (Å²) in [5.41, 5.74) is 1.96. The van der Waals surface area contributed by atoms with Gasteiger partial charge in [-0.1, -0.05) is 12.1 Å². The van der Waals surface area contributed by atoms with Crippen LogP contribution in [-0.2, 0) is 6.54 Å². The molecular formula is C13H15FN4. The van der Waals surface area contributed by atoms with Gasteiger partial charge in [-0.3, -0.25) is 0 Å². The van der Waals surface area contributed by atoms with E-state index in [4.69, 9.17) is 0 Å². The van der Waals surface area contributed by atoms with Gasteiger partial charge in [0.15, 0.2) is 0 Å². The molecule has 0 saturated carbocycles. The molecule has 0 aliphatic rings. The zero-order valence-electron chi connectivity index (χ0n) is 10.4. The average molecular weight is 246 g/mol. The van der Waals surface area contributed by atoms with E-state index in [2.05, 4.69) is 20.6 Å². The lowest BCUT2D eigenvalue weighted by Gasteiger charge is -2.10. The highest BCUT2D eigenvalue weighted by Crippen LogP contribution is 2.18. The molecule has 0 fully saturated rings. The summed E-state index contributed by atoms with van der Waals surface area (Å²) in [7, 11) is 1.82. The molecule has 5 heteroatoms. The molecule has 94 valence electrons. The van der Waals surface area contributed by atoms with Gasteiger partial charge in [-0.15, -0.1) is 0 Å². The van der Waals surface area contributed by atoms with Crippen molar-refractivity contribution in [3.63, 3.8) is 0 Å². The van der Waals surface area contributed by atoms with Gasteiger partial charge in [0.1, 0.15) is 23.8 Å². The molecule has 0 amide bonds. The van der Waals surface area contributed by atoms with Crippen LogP contribution in [0.1, 0.15) is 11.1 Å². The molecule has 1 aromatic heterocycles. The number of nitrogens with zero attached hydrogens (tertiary/aromatic N) is 2. The lowest BCUT2D eigenvalue weighted by molar-refractivity contribution is 0.627. The summed E-state index contributed by atoms with van der Waals surface area (Å²) in [6.45, 7) is 2.54. The van der Waals surface area contributed by atoms with Crippen LogP contribution in [0.4, 0.5) is 16.0 Å². The normalized spacial score (nSPS) is 10.2. The van der Waals surface area contributed by atoms with Crippen molar-refractivity contribution in [2.24, 2.45) is 0 Å². The molecule has 0 saturated heterocycles. The number of halogens is 1. The molecule has 1 aromatic carbocycles. The quantitative estimate of drug-likeness (QED) is 0.870. The maximum absolute atomic E-state index is 12.8. The first-order valence-electron chi connectivity index (χ1n) is 5.68. The summed E-state index contributed by atoms with van der Waals surface area (Å²) in [5.74, 6) is 1.35. The minimum absolute atomic E-state index is 0.227. The van der Waals surface area contributed by atoms with E-state index in [9.17, 15) is 4.39 Å². The van der Waals surface area contributed by atoms with Crippen molar-refractivity contribution < 1.29 is 4.39 Å². The van der Waals surface area contributed by atoms with Crippen LogP contribution < -0.4 is 10.6 Å². The van der Waals surface area contributed by atoms with E-state index in [1.807, 2.05) is 14.0 Å². The highest BCUT2D eigenvalue weighted by Gasteiger charge is 2.04. The molecule has 4 nitrogen and oxygen atoms in total. The van der Waals surface area contributed by atoms with Gasteiger partial charge in [0.25, 0.3) is 0 Å². The number of nitrogens with one attached hydrogen (secondary N) is 2. The second kappa shape index (κ2) is 5.44. The number of aromatic nitrogens is 2. The topological polar surface area (TPSA) is 49.8 Å². The largest absolute Gasteiger partial charge is 0.373 e. The van der Waals surface area contributed by atoms with Crippen molar-refractivity contribution in [1.82, 2.24) is 9.97 Å². The van der Waals surface area contributed by atoms with Gasteiger partial charge < -0.3 is 10.6 Å². The summed E-state index contributed by atoms with van der Waals surface area (Å²) < 4.78 is 12.8. The van der Waals surface area contributed by atoms with Crippen LogP contribution in [0.15, 0.2) is 30.6 Å². The van der Waals surface area contributed by atoms with E-state index in [1.165, 1.54) is 18.5 Å². The second-order valence-corrected chi connectivity index (χ2v) is 3.93. The van der Waals surface area contributed by atoms with Crippen LogP contribution in [0.2, 0.25) is 0 Å². The molecular weight excluding hydrogens is 231 g/mol. The fourth-order valence-corrected chi connectivity index (χ4v) is 1.67. The summed E-state index contributed by atoms with van der Waals surface area (Å²) in [5, 5.41) is 6.21. The van der Waals surface area contributed by atoms with E-state index >= 15 is 0 Å². The highest BCUT2D eigenvalue weighted by molar-refractivity contribution is 5.56. The van der Waals surface area contributed by atoms with E-state index in [0.29, 0.717) is 6.54 Å². The zero-order chi connectivity index (χ0) is 13.0. The maximum Gasteiger partial charge on any atom is 0.134 e. The molecule has 0 bridgehead atoms. The molecule has 0 unspecified atom stereocenters. The van der Waals surface area contributed by atoms with Gasteiger partial charge in [-0.25, -0.2) is 14.4 Å². The number of anilines is 2. The molecule has 1 heterocycles. The Hall–Kier alpha value is -2.17. The molecule has 2 aromatic rings. The predicted octanol–water partition coefficient (Wildman–Crippen LogP) is 2.58. The third-order valence-electron chi connectivity index (χ3n) is 2.69. The third-order valence-corrected chi connectivity index (χ3v) is 2.69. The number of benzene rings is 1. The first-order chi connectivity index (χ1) is 8.70. The van der Waals surface area contributed by atoms with E-state index in [1.54, 1.807) is 12.1 Å². The summed E-state index contributed by atoms with van der Waals surface area (Å²) in [6.07, 6.45) is 1.51. The Morgan fingerprint density at radius 3 is 2.44 bits per heavy atom. The fourth-order valence-electron chi connectivity index (χ4n) is 1.67. The average Bonchev–Trinajstić information content (AvgIpc) is 2.39. The van der Waals surface area contributed by atoms with E-state index in [0.717, 1.165) is 22.8 Å². The highest BCUT2D eigenvalue weighted by atomic mass is 19.1. The molecule has 0 spiro atoms. The number of rotatable bonds is 4. The van der Waals surface area contributed by atoms with Gasteiger partial charge in [0.05, 0.1) is 0 Å². The Labute approximate surface area is 105 Å². The van der Waals surface area contributed by atoms with E-state index in [-0.39, 0.29) is 5.82 Å². The Morgan fingerprint density at radius 1 is 1.11 bits per heavy atom. The molecule has 2 rings (SSSR count). The molecule has 0 aliphatic heterocycles. The fraction of sp³-hybridized carbons (Fsp3) is 0.231.